The highest BCUT2D eigenvalue weighted by atomic mass is 16.2. The monoisotopic (exact) mass is 312 g/mol. The van der Waals surface area contributed by atoms with Crippen LogP contribution in [0.15, 0.2) is 42.5 Å². The first-order chi connectivity index (χ1) is 11.2. The second-order valence-corrected chi connectivity index (χ2v) is 6.46. The summed E-state index contributed by atoms with van der Waals surface area (Å²) in [5.41, 5.74) is 0.694. The van der Waals surface area contributed by atoms with Gasteiger partial charge < -0.3 is 10.2 Å². The molecule has 1 N–H and O–H groups in total. The normalized spacial score (nSPS) is 21.4. The first-order valence-electron chi connectivity index (χ1n) is 8.53. The van der Waals surface area contributed by atoms with Crippen molar-refractivity contribution in [3.8, 4) is 0 Å². The molecule has 1 heterocycles. The Kier molecular flexibility index (Phi) is 5.11. The topological polar surface area (TPSA) is 49.4 Å². The van der Waals surface area contributed by atoms with E-state index in [1.807, 2.05) is 35.2 Å². The number of hydrogen-bond donors (Lipinski definition) is 1. The molecule has 1 aliphatic heterocycles. The molecule has 23 heavy (non-hydrogen) atoms. The molecular formula is C19H24N2O2. The molecule has 1 aliphatic carbocycles. The molecule has 4 heteroatoms. The Morgan fingerprint density at radius 2 is 1.83 bits per heavy atom. The van der Waals surface area contributed by atoms with E-state index in [1.54, 1.807) is 0 Å². The lowest BCUT2D eigenvalue weighted by atomic mass is 10.0. The summed E-state index contributed by atoms with van der Waals surface area (Å²) < 4.78 is 0. The van der Waals surface area contributed by atoms with E-state index < -0.39 is 0 Å². The average Bonchev–Trinajstić information content (AvgIpc) is 3.09. The Bertz CT molecular complexity index is 574. The summed E-state index contributed by atoms with van der Waals surface area (Å²) in [6.07, 6.45) is 8.86. The number of allylic oxidation sites excluding steroid dienone is 2. The molecule has 0 radical (unpaired) electrons. The number of amides is 2. The standard InChI is InChI=1S/C19H24N2O2/c22-18(14-15-6-4-5-7-15)21-12-10-17(11-13-21)20-19(23)16-8-2-1-3-9-16/h1-4,6,8-9,15,17H,5,7,10-14H2,(H,20,23). The van der Waals surface area contributed by atoms with Crippen molar-refractivity contribution in [3.63, 3.8) is 0 Å². The van der Waals surface area contributed by atoms with Crippen molar-refractivity contribution in [2.45, 2.75) is 38.1 Å². The van der Waals surface area contributed by atoms with Crippen LogP contribution < -0.4 is 5.32 Å². The van der Waals surface area contributed by atoms with Crippen LogP contribution in [-0.2, 0) is 4.79 Å². The summed E-state index contributed by atoms with van der Waals surface area (Å²) in [4.78, 5) is 26.4. The molecule has 1 unspecified atom stereocenters. The summed E-state index contributed by atoms with van der Waals surface area (Å²) in [6, 6.07) is 9.45. The van der Waals surface area contributed by atoms with E-state index >= 15 is 0 Å². The third kappa shape index (κ3) is 4.21. The van der Waals surface area contributed by atoms with E-state index in [0.717, 1.165) is 38.8 Å². The van der Waals surface area contributed by atoms with E-state index in [-0.39, 0.29) is 17.9 Å². The Hall–Kier alpha value is -2.10. The summed E-state index contributed by atoms with van der Waals surface area (Å²) in [6.45, 7) is 1.49. The molecule has 1 aromatic rings. The van der Waals surface area contributed by atoms with Crippen molar-refractivity contribution in [1.29, 1.82) is 0 Å². The second-order valence-electron chi connectivity index (χ2n) is 6.46. The number of carbonyl (C=O) groups excluding carboxylic acids is 2. The van der Waals surface area contributed by atoms with E-state index in [9.17, 15) is 9.59 Å². The molecule has 1 fully saturated rings. The highest BCUT2D eigenvalue weighted by Gasteiger charge is 2.25. The van der Waals surface area contributed by atoms with Crippen LogP contribution in [0.25, 0.3) is 0 Å². The van der Waals surface area contributed by atoms with Crippen LogP contribution in [0.2, 0.25) is 0 Å². The number of likely N-dealkylation sites (tertiary alicyclic amines) is 1. The maximum atomic E-state index is 12.3. The van der Waals surface area contributed by atoms with Gasteiger partial charge in [0.25, 0.3) is 5.91 Å². The third-order valence-electron chi connectivity index (χ3n) is 4.77. The van der Waals surface area contributed by atoms with E-state index in [2.05, 4.69) is 17.5 Å². The highest BCUT2D eigenvalue weighted by Crippen LogP contribution is 2.22. The molecule has 2 amide bonds. The largest absolute Gasteiger partial charge is 0.349 e. The molecule has 122 valence electrons. The predicted octanol–water partition coefficient (Wildman–Crippen LogP) is 2.76. The van der Waals surface area contributed by atoms with Crippen molar-refractivity contribution >= 4 is 11.8 Å². The van der Waals surface area contributed by atoms with Crippen molar-refractivity contribution < 1.29 is 9.59 Å². The lowest BCUT2D eigenvalue weighted by molar-refractivity contribution is -0.132. The molecule has 0 bridgehead atoms. The fourth-order valence-corrected chi connectivity index (χ4v) is 3.35. The van der Waals surface area contributed by atoms with E-state index in [4.69, 9.17) is 0 Å². The fourth-order valence-electron chi connectivity index (χ4n) is 3.35. The van der Waals surface area contributed by atoms with E-state index in [0.29, 0.717) is 17.9 Å². The van der Waals surface area contributed by atoms with Gasteiger partial charge >= 0.3 is 0 Å². The average molecular weight is 312 g/mol. The van der Waals surface area contributed by atoms with Crippen molar-refractivity contribution in [2.75, 3.05) is 13.1 Å². The zero-order chi connectivity index (χ0) is 16.1. The van der Waals surface area contributed by atoms with Crippen LogP contribution in [0.3, 0.4) is 0 Å². The quantitative estimate of drug-likeness (QED) is 0.869. The third-order valence-corrected chi connectivity index (χ3v) is 4.77. The van der Waals surface area contributed by atoms with Crippen LogP contribution in [0.4, 0.5) is 0 Å². The number of nitrogens with one attached hydrogen (secondary N) is 1. The fraction of sp³-hybridized carbons (Fsp3) is 0.474. The minimum Gasteiger partial charge on any atom is -0.349 e. The van der Waals surface area contributed by atoms with Gasteiger partial charge in [0.1, 0.15) is 0 Å². The van der Waals surface area contributed by atoms with Gasteiger partial charge in [0.05, 0.1) is 0 Å². The molecule has 2 aliphatic rings. The summed E-state index contributed by atoms with van der Waals surface area (Å²) in [5.74, 6) is 0.666. The number of hydrogen-bond acceptors (Lipinski definition) is 2. The molecule has 1 aromatic carbocycles. The van der Waals surface area contributed by atoms with Gasteiger partial charge in [-0.25, -0.2) is 0 Å². The van der Waals surface area contributed by atoms with Gasteiger partial charge in [-0.1, -0.05) is 30.4 Å². The molecular weight excluding hydrogens is 288 g/mol. The first-order valence-corrected chi connectivity index (χ1v) is 8.53. The maximum absolute atomic E-state index is 12.3. The first kappa shape index (κ1) is 15.8. The lowest BCUT2D eigenvalue weighted by Crippen LogP contribution is -2.46. The zero-order valence-corrected chi connectivity index (χ0v) is 13.4. The van der Waals surface area contributed by atoms with Gasteiger partial charge in [-0.05, 0) is 43.7 Å². The highest BCUT2D eigenvalue weighted by molar-refractivity contribution is 5.94. The smallest absolute Gasteiger partial charge is 0.251 e. The van der Waals surface area contributed by atoms with Gasteiger partial charge in [-0.2, -0.15) is 0 Å². The summed E-state index contributed by atoms with van der Waals surface area (Å²) >= 11 is 0. The Labute approximate surface area is 137 Å². The maximum Gasteiger partial charge on any atom is 0.251 e. The van der Waals surface area contributed by atoms with Crippen molar-refractivity contribution in [2.24, 2.45) is 5.92 Å². The number of nitrogens with zero attached hydrogens (tertiary/aromatic N) is 1. The molecule has 0 saturated carbocycles. The summed E-state index contributed by atoms with van der Waals surface area (Å²) in [7, 11) is 0. The van der Waals surface area contributed by atoms with Crippen LogP contribution in [0, 0.1) is 5.92 Å². The van der Waals surface area contributed by atoms with Gasteiger partial charge in [0.2, 0.25) is 5.91 Å². The molecule has 0 aromatic heterocycles. The van der Waals surface area contributed by atoms with Crippen LogP contribution in [0.5, 0.6) is 0 Å². The molecule has 1 saturated heterocycles. The van der Waals surface area contributed by atoms with Gasteiger partial charge in [-0.3, -0.25) is 9.59 Å². The molecule has 1 atom stereocenters. The molecule has 3 rings (SSSR count). The summed E-state index contributed by atoms with van der Waals surface area (Å²) in [5, 5.41) is 3.08. The second kappa shape index (κ2) is 7.44. The minimum atomic E-state index is -0.0218. The van der Waals surface area contributed by atoms with Gasteiger partial charge in [-0.15, -0.1) is 0 Å². The van der Waals surface area contributed by atoms with Gasteiger partial charge in [0.15, 0.2) is 0 Å². The zero-order valence-electron chi connectivity index (χ0n) is 13.4. The van der Waals surface area contributed by atoms with Crippen LogP contribution in [0.1, 0.15) is 42.5 Å². The number of benzene rings is 1. The Morgan fingerprint density at radius 1 is 1.09 bits per heavy atom. The Balaban J connectivity index is 1.44. The number of piperidine rings is 1. The predicted molar refractivity (Wildman–Crippen MR) is 90.0 cm³/mol. The Morgan fingerprint density at radius 3 is 2.48 bits per heavy atom. The van der Waals surface area contributed by atoms with Crippen LogP contribution >= 0.6 is 0 Å². The van der Waals surface area contributed by atoms with Gasteiger partial charge in [0, 0.05) is 31.1 Å². The SMILES string of the molecule is O=C(NC1CCN(C(=O)CC2C=CCC2)CC1)c1ccccc1. The molecule has 4 nitrogen and oxygen atoms in total. The number of rotatable bonds is 4. The van der Waals surface area contributed by atoms with E-state index in [1.165, 1.54) is 0 Å². The lowest BCUT2D eigenvalue weighted by Gasteiger charge is -2.33. The van der Waals surface area contributed by atoms with Crippen molar-refractivity contribution in [1.82, 2.24) is 10.2 Å². The van der Waals surface area contributed by atoms with Crippen LogP contribution in [-0.4, -0.2) is 35.8 Å². The minimum absolute atomic E-state index is 0.0218. The number of carbonyl (C=O) groups is 2. The van der Waals surface area contributed by atoms with Crippen molar-refractivity contribution in [3.05, 3.63) is 48.0 Å². The molecule has 0 spiro atoms.